The largest absolute Gasteiger partial charge is 0.355 e. The van der Waals surface area contributed by atoms with Gasteiger partial charge < -0.3 is 10.2 Å². The number of hydrogen-bond acceptors (Lipinski definition) is 4. The van der Waals surface area contributed by atoms with Crippen molar-refractivity contribution in [1.29, 1.82) is 0 Å². The van der Waals surface area contributed by atoms with E-state index < -0.39 is 0 Å². The molecule has 3 aromatic rings. The minimum Gasteiger partial charge on any atom is -0.355 e. The lowest BCUT2D eigenvalue weighted by Gasteiger charge is -2.35. The summed E-state index contributed by atoms with van der Waals surface area (Å²) in [5.74, 6) is 0.0898. The van der Waals surface area contributed by atoms with E-state index in [0.717, 1.165) is 49.7 Å². The number of amides is 1. The number of pyridine rings is 1. The molecule has 0 saturated carbocycles. The van der Waals surface area contributed by atoms with Crippen LogP contribution >= 0.6 is 0 Å². The SMILES string of the molecule is Cc1cccc(Nc2ccccc2C(=O)N2CCN(Cc3ccncc3)CC2)c1C. The first-order valence-corrected chi connectivity index (χ1v) is 10.4. The molecule has 1 aliphatic heterocycles. The van der Waals surface area contributed by atoms with Gasteiger partial charge in [0.2, 0.25) is 0 Å². The average Bonchev–Trinajstić information content (AvgIpc) is 2.78. The fourth-order valence-corrected chi connectivity index (χ4v) is 3.84. The summed E-state index contributed by atoms with van der Waals surface area (Å²) in [5, 5.41) is 3.48. The van der Waals surface area contributed by atoms with E-state index in [4.69, 9.17) is 0 Å². The molecule has 5 heteroatoms. The summed E-state index contributed by atoms with van der Waals surface area (Å²) < 4.78 is 0. The molecule has 0 spiro atoms. The molecule has 1 N–H and O–H groups in total. The highest BCUT2D eigenvalue weighted by Crippen LogP contribution is 2.26. The van der Waals surface area contributed by atoms with E-state index in [9.17, 15) is 4.79 Å². The van der Waals surface area contributed by atoms with Gasteiger partial charge in [0.15, 0.2) is 0 Å². The lowest BCUT2D eigenvalue weighted by Crippen LogP contribution is -2.48. The molecule has 2 heterocycles. The lowest BCUT2D eigenvalue weighted by molar-refractivity contribution is 0.0629. The van der Waals surface area contributed by atoms with Gasteiger partial charge in [-0.1, -0.05) is 24.3 Å². The number of anilines is 2. The number of para-hydroxylation sites is 1. The summed E-state index contributed by atoms with van der Waals surface area (Å²) in [6.45, 7) is 8.33. The molecule has 4 rings (SSSR count). The third kappa shape index (κ3) is 4.52. The van der Waals surface area contributed by atoms with Crippen molar-refractivity contribution in [3.8, 4) is 0 Å². The molecular formula is C25H28N4O. The predicted molar refractivity (Wildman–Crippen MR) is 121 cm³/mol. The van der Waals surface area contributed by atoms with Gasteiger partial charge in [0, 0.05) is 50.8 Å². The molecule has 0 bridgehead atoms. The Morgan fingerprint density at radius 2 is 1.60 bits per heavy atom. The quantitative estimate of drug-likeness (QED) is 0.690. The van der Waals surface area contributed by atoms with Gasteiger partial charge in [-0.25, -0.2) is 0 Å². The number of piperazine rings is 1. The first kappa shape index (κ1) is 20.1. The van der Waals surface area contributed by atoms with Gasteiger partial charge in [-0.3, -0.25) is 14.7 Å². The molecule has 1 aliphatic rings. The maximum atomic E-state index is 13.3. The number of rotatable bonds is 5. The third-order valence-electron chi connectivity index (χ3n) is 5.85. The second kappa shape index (κ2) is 9.09. The average molecular weight is 401 g/mol. The number of carbonyl (C=O) groups excluding carboxylic acids is 1. The van der Waals surface area contributed by atoms with Gasteiger partial charge in [0.1, 0.15) is 0 Å². The molecule has 1 aromatic heterocycles. The zero-order chi connectivity index (χ0) is 20.9. The molecule has 0 aliphatic carbocycles. The molecule has 154 valence electrons. The number of aryl methyl sites for hydroxylation is 1. The highest BCUT2D eigenvalue weighted by atomic mass is 16.2. The topological polar surface area (TPSA) is 48.5 Å². The van der Waals surface area contributed by atoms with Crippen LogP contribution in [0.25, 0.3) is 0 Å². The highest BCUT2D eigenvalue weighted by molar-refractivity contribution is 6.00. The lowest BCUT2D eigenvalue weighted by atomic mass is 10.1. The number of carbonyl (C=O) groups is 1. The maximum Gasteiger partial charge on any atom is 0.256 e. The van der Waals surface area contributed by atoms with Gasteiger partial charge in [0.25, 0.3) is 5.91 Å². The molecule has 1 amide bonds. The van der Waals surface area contributed by atoms with Crippen molar-refractivity contribution in [2.75, 3.05) is 31.5 Å². The van der Waals surface area contributed by atoms with Crippen molar-refractivity contribution < 1.29 is 4.79 Å². The zero-order valence-electron chi connectivity index (χ0n) is 17.6. The van der Waals surface area contributed by atoms with E-state index in [0.29, 0.717) is 0 Å². The second-order valence-corrected chi connectivity index (χ2v) is 7.84. The molecule has 0 atom stereocenters. The molecule has 0 unspecified atom stereocenters. The van der Waals surface area contributed by atoms with Crippen LogP contribution in [0.5, 0.6) is 0 Å². The standard InChI is InChI=1S/C25H28N4O/c1-19-6-5-9-23(20(19)2)27-24-8-4-3-7-22(24)25(30)29-16-14-28(15-17-29)18-21-10-12-26-13-11-21/h3-13,27H,14-18H2,1-2H3. The van der Waals surface area contributed by atoms with Gasteiger partial charge in [0.05, 0.1) is 11.3 Å². The van der Waals surface area contributed by atoms with E-state index in [1.54, 1.807) is 0 Å². The number of hydrogen-bond donors (Lipinski definition) is 1. The number of nitrogens with one attached hydrogen (secondary N) is 1. The Balaban J connectivity index is 1.44. The summed E-state index contributed by atoms with van der Waals surface area (Å²) in [6.07, 6.45) is 3.66. The van der Waals surface area contributed by atoms with Crippen LogP contribution in [-0.2, 0) is 6.54 Å². The van der Waals surface area contributed by atoms with Crippen molar-refractivity contribution in [3.63, 3.8) is 0 Å². The molecule has 2 aromatic carbocycles. The van der Waals surface area contributed by atoms with Crippen molar-refractivity contribution in [1.82, 2.24) is 14.8 Å². The van der Waals surface area contributed by atoms with Crippen LogP contribution in [0.4, 0.5) is 11.4 Å². The van der Waals surface area contributed by atoms with E-state index in [1.807, 2.05) is 59.8 Å². The predicted octanol–water partition coefficient (Wildman–Crippen LogP) is 4.40. The smallest absolute Gasteiger partial charge is 0.256 e. The van der Waals surface area contributed by atoms with Crippen LogP contribution in [0.3, 0.4) is 0 Å². The normalized spacial score (nSPS) is 14.5. The van der Waals surface area contributed by atoms with Crippen molar-refractivity contribution in [3.05, 3.63) is 89.2 Å². The summed E-state index contributed by atoms with van der Waals surface area (Å²) in [5.41, 5.74) is 6.31. The number of nitrogens with zero attached hydrogens (tertiary/aromatic N) is 3. The van der Waals surface area contributed by atoms with Crippen LogP contribution in [0.15, 0.2) is 67.0 Å². The Morgan fingerprint density at radius 1 is 0.900 bits per heavy atom. The third-order valence-corrected chi connectivity index (χ3v) is 5.85. The molecule has 30 heavy (non-hydrogen) atoms. The fraction of sp³-hybridized carbons (Fsp3) is 0.280. The van der Waals surface area contributed by atoms with Gasteiger partial charge in [-0.15, -0.1) is 0 Å². The summed E-state index contributed by atoms with van der Waals surface area (Å²) in [7, 11) is 0. The molecule has 1 fully saturated rings. The van der Waals surface area contributed by atoms with Gasteiger partial charge in [-0.05, 0) is 60.9 Å². The number of aromatic nitrogens is 1. The molecule has 5 nitrogen and oxygen atoms in total. The molecule has 0 radical (unpaired) electrons. The second-order valence-electron chi connectivity index (χ2n) is 7.84. The first-order chi connectivity index (χ1) is 14.6. The monoisotopic (exact) mass is 400 g/mol. The number of benzene rings is 2. The van der Waals surface area contributed by atoms with Crippen LogP contribution < -0.4 is 5.32 Å². The minimum absolute atomic E-state index is 0.0898. The van der Waals surface area contributed by atoms with Gasteiger partial charge in [-0.2, -0.15) is 0 Å². The fourth-order valence-electron chi connectivity index (χ4n) is 3.84. The summed E-state index contributed by atoms with van der Waals surface area (Å²) in [6, 6.07) is 18.1. The van der Waals surface area contributed by atoms with Gasteiger partial charge >= 0.3 is 0 Å². The van der Waals surface area contributed by atoms with Crippen LogP contribution in [0.2, 0.25) is 0 Å². The van der Waals surface area contributed by atoms with E-state index in [1.165, 1.54) is 16.7 Å². The van der Waals surface area contributed by atoms with E-state index in [2.05, 4.69) is 41.2 Å². The Labute approximate surface area is 178 Å². The molecule has 1 saturated heterocycles. The Hall–Kier alpha value is -3.18. The Kier molecular flexibility index (Phi) is 6.10. The van der Waals surface area contributed by atoms with Crippen LogP contribution in [0, 0.1) is 13.8 Å². The van der Waals surface area contributed by atoms with Crippen molar-refractivity contribution in [2.24, 2.45) is 0 Å². The Bertz CT molecular complexity index is 1010. The van der Waals surface area contributed by atoms with Crippen molar-refractivity contribution in [2.45, 2.75) is 20.4 Å². The van der Waals surface area contributed by atoms with Crippen molar-refractivity contribution >= 4 is 17.3 Å². The van der Waals surface area contributed by atoms with E-state index in [-0.39, 0.29) is 5.91 Å². The van der Waals surface area contributed by atoms with E-state index >= 15 is 0 Å². The highest BCUT2D eigenvalue weighted by Gasteiger charge is 2.24. The minimum atomic E-state index is 0.0898. The zero-order valence-corrected chi connectivity index (χ0v) is 17.6. The summed E-state index contributed by atoms with van der Waals surface area (Å²) in [4.78, 5) is 21.7. The van der Waals surface area contributed by atoms with Crippen LogP contribution in [0.1, 0.15) is 27.0 Å². The van der Waals surface area contributed by atoms with Crippen LogP contribution in [-0.4, -0.2) is 46.9 Å². The first-order valence-electron chi connectivity index (χ1n) is 10.4. The summed E-state index contributed by atoms with van der Waals surface area (Å²) >= 11 is 0. The maximum absolute atomic E-state index is 13.3. The molecular weight excluding hydrogens is 372 g/mol. The Morgan fingerprint density at radius 3 is 2.37 bits per heavy atom.